The molecule has 0 fully saturated rings. The molecule has 0 saturated heterocycles. The van der Waals surface area contributed by atoms with Crippen LogP contribution in [0.2, 0.25) is 5.02 Å². The summed E-state index contributed by atoms with van der Waals surface area (Å²) in [5.41, 5.74) is 2.67. The maximum atomic E-state index is 13.8. The number of ether oxygens (including phenoxy) is 1. The fourth-order valence-corrected chi connectivity index (χ4v) is 6.46. The lowest BCUT2D eigenvalue weighted by atomic mass is 9.90. The van der Waals surface area contributed by atoms with Gasteiger partial charge in [0.15, 0.2) is 0 Å². The summed E-state index contributed by atoms with van der Waals surface area (Å²) in [6.07, 6.45) is -0.513. The van der Waals surface area contributed by atoms with E-state index < -0.39 is 11.7 Å². The summed E-state index contributed by atoms with van der Waals surface area (Å²) in [6, 6.07) is 35.5. The Kier molecular flexibility index (Phi) is 11.3. The minimum Gasteiger partial charge on any atom is -0.493 e. The van der Waals surface area contributed by atoms with Crippen molar-refractivity contribution in [3.05, 3.63) is 161 Å². The van der Waals surface area contributed by atoms with Gasteiger partial charge in [-0.15, -0.1) is 0 Å². The molecule has 6 aromatic rings. The number of nitrogens with one attached hydrogen (secondary N) is 1. The number of rotatable bonds is 15. The summed E-state index contributed by atoms with van der Waals surface area (Å²) < 4.78 is 54.7. The van der Waals surface area contributed by atoms with Crippen molar-refractivity contribution in [2.45, 2.75) is 38.1 Å². The Morgan fingerprint density at radius 3 is 2.28 bits per heavy atom. The first-order valence-electron chi connectivity index (χ1n) is 16.4. The molecule has 0 aliphatic rings. The molecule has 50 heavy (non-hydrogen) atoms. The largest absolute Gasteiger partial charge is 0.493 e. The van der Waals surface area contributed by atoms with Crippen LogP contribution >= 0.6 is 11.6 Å². The number of alkyl halides is 3. The average molecular weight is 700 g/mol. The zero-order valence-corrected chi connectivity index (χ0v) is 28.0. The maximum absolute atomic E-state index is 13.8. The number of carbonyl (C=O) groups is 1. The van der Waals surface area contributed by atoms with E-state index >= 15 is 0 Å². The van der Waals surface area contributed by atoms with Crippen LogP contribution in [-0.4, -0.2) is 35.1 Å². The van der Waals surface area contributed by atoms with Crippen molar-refractivity contribution in [3.63, 3.8) is 0 Å². The van der Waals surface area contributed by atoms with Gasteiger partial charge in [-0.2, -0.15) is 13.2 Å². The van der Waals surface area contributed by atoms with Crippen molar-refractivity contribution < 1.29 is 27.1 Å². The second kappa shape index (κ2) is 16.1. The molecule has 258 valence electrons. The molecule has 10 heteroatoms. The Balaban J connectivity index is 1.16. The molecular weight excluding hydrogens is 663 g/mol. The van der Waals surface area contributed by atoms with Crippen molar-refractivity contribution in [3.8, 4) is 5.75 Å². The first-order valence-corrected chi connectivity index (χ1v) is 16.8. The Morgan fingerprint density at radius 2 is 1.60 bits per heavy atom. The fraction of sp³-hybridized carbons (Fsp3) is 0.225. The van der Waals surface area contributed by atoms with E-state index in [1.807, 2.05) is 71.4 Å². The zero-order valence-electron chi connectivity index (χ0n) is 27.3. The molecule has 2 aromatic heterocycles. The lowest BCUT2D eigenvalue weighted by Gasteiger charge is -2.29. The Morgan fingerprint density at radius 1 is 0.880 bits per heavy atom. The van der Waals surface area contributed by atoms with Gasteiger partial charge >= 0.3 is 6.18 Å². The van der Waals surface area contributed by atoms with Crippen LogP contribution in [-0.2, 0) is 30.6 Å². The third kappa shape index (κ3) is 8.77. The molecule has 0 aliphatic heterocycles. The van der Waals surface area contributed by atoms with Crippen molar-refractivity contribution in [2.75, 3.05) is 19.7 Å². The van der Waals surface area contributed by atoms with Gasteiger partial charge in [-0.25, -0.2) is 0 Å². The normalized spacial score (nSPS) is 11.8. The van der Waals surface area contributed by atoms with Gasteiger partial charge in [0.05, 0.1) is 35.5 Å². The Labute approximate surface area is 294 Å². The van der Waals surface area contributed by atoms with Gasteiger partial charge in [0, 0.05) is 37.1 Å². The third-order valence-corrected chi connectivity index (χ3v) is 9.07. The summed E-state index contributed by atoms with van der Waals surface area (Å²) in [7, 11) is 0. The molecule has 0 spiro atoms. The van der Waals surface area contributed by atoms with E-state index in [1.54, 1.807) is 24.5 Å². The van der Waals surface area contributed by atoms with Crippen LogP contribution in [0, 0.1) is 0 Å². The zero-order chi connectivity index (χ0) is 34.9. The number of nitrogens with zero attached hydrogens (tertiary/aromatic N) is 2. The topological polar surface area (TPSA) is 59.6 Å². The van der Waals surface area contributed by atoms with Crippen LogP contribution in [0.15, 0.2) is 132 Å². The number of hydrogen-bond acceptors (Lipinski definition) is 4. The maximum Gasteiger partial charge on any atom is 0.417 e. The monoisotopic (exact) mass is 699 g/mol. The number of halogens is 4. The highest BCUT2D eigenvalue weighted by Crippen LogP contribution is 2.37. The van der Waals surface area contributed by atoms with Crippen molar-refractivity contribution in [1.82, 2.24) is 14.8 Å². The third-order valence-electron chi connectivity index (χ3n) is 8.63. The standard InChI is InChI=1S/C40H37ClF3N3O3/c41-39-31(15-7-17-35(39)40(42,43)44)26-46(27-34(29-11-3-1-4-12-29)30-13-5-2-6-14-30)21-10-24-50-37-19-8-18-36-33(37)20-22-47(36)28-38(48)45-25-32-16-9-23-49-32/h1-9,11-20,22-23,34H,10,21,24-28H2,(H,45,48). The number of hydrogen-bond donors (Lipinski definition) is 1. The number of aromatic nitrogens is 1. The molecule has 2 heterocycles. The SMILES string of the molecule is O=C(Cn1ccc2c(OCCCN(Cc3cccc(C(F)(F)F)c3Cl)CC(c3ccccc3)c3ccccc3)cccc21)NCc1ccco1. The van der Waals surface area contributed by atoms with Crippen molar-refractivity contribution >= 4 is 28.4 Å². The highest BCUT2D eigenvalue weighted by Gasteiger charge is 2.34. The van der Waals surface area contributed by atoms with E-state index in [0.29, 0.717) is 49.7 Å². The van der Waals surface area contributed by atoms with Crippen LogP contribution in [0.4, 0.5) is 13.2 Å². The predicted octanol–water partition coefficient (Wildman–Crippen LogP) is 9.33. The van der Waals surface area contributed by atoms with Crippen molar-refractivity contribution in [1.29, 1.82) is 0 Å². The summed E-state index contributed by atoms with van der Waals surface area (Å²) in [5.74, 6) is 1.21. The number of carbonyl (C=O) groups excluding carboxylic acids is 1. The minimum atomic E-state index is -4.55. The molecular formula is C40H37ClF3N3O3. The lowest BCUT2D eigenvalue weighted by Crippen LogP contribution is -2.31. The van der Waals surface area contributed by atoms with E-state index in [1.165, 1.54) is 6.07 Å². The smallest absolute Gasteiger partial charge is 0.417 e. The van der Waals surface area contributed by atoms with Gasteiger partial charge in [0.25, 0.3) is 0 Å². The highest BCUT2D eigenvalue weighted by atomic mass is 35.5. The molecule has 0 atom stereocenters. The molecule has 0 radical (unpaired) electrons. The van der Waals surface area contributed by atoms with Crippen LogP contribution in [0.1, 0.15) is 40.4 Å². The Bertz CT molecular complexity index is 1940. The van der Waals surface area contributed by atoms with Gasteiger partial charge in [0.1, 0.15) is 18.1 Å². The minimum absolute atomic E-state index is 0.0207. The second-order valence-electron chi connectivity index (χ2n) is 12.1. The van der Waals surface area contributed by atoms with Gasteiger partial charge in [0.2, 0.25) is 5.91 Å². The predicted molar refractivity (Wildman–Crippen MR) is 189 cm³/mol. The summed E-state index contributed by atoms with van der Waals surface area (Å²) in [4.78, 5) is 14.8. The van der Waals surface area contributed by atoms with Crippen LogP contribution in [0.5, 0.6) is 5.75 Å². The highest BCUT2D eigenvalue weighted by molar-refractivity contribution is 6.32. The van der Waals surface area contributed by atoms with Crippen LogP contribution in [0.3, 0.4) is 0 Å². The molecule has 4 aromatic carbocycles. The molecule has 0 bridgehead atoms. The number of amides is 1. The molecule has 6 nitrogen and oxygen atoms in total. The quantitative estimate of drug-likeness (QED) is 0.109. The molecule has 0 aliphatic carbocycles. The second-order valence-corrected chi connectivity index (χ2v) is 12.5. The molecule has 0 unspecified atom stereocenters. The first-order chi connectivity index (χ1) is 24.3. The van der Waals surface area contributed by atoms with Crippen LogP contribution in [0.25, 0.3) is 10.9 Å². The van der Waals surface area contributed by atoms with E-state index in [4.69, 9.17) is 20.8 Å². The van der Waals surface area contributed by atoms with Crippen LogP contribution < -0.4 is 10.1 Å². The number of furan rings is 1. The van der Waals surface area contributed by atoms with Gasteiger partial charge in [-0.1, -0.05) is 90.5 Å². The van der Waals surface area contributed by atoms with Gasteiger partial charge < -0.3 is 19.0 Å². The summed E-state index contributed by atoms with van der Waals surface area (Å²) in [5, 5.41) is 3.47. The lowest BCUT2D eigenvalue weighted by molar-refractivity contribution is -0.137. The summed E-state index contributed by atoms with van der Waals surface area (Å²) >= 11 is 6.38. The van der Waals surface area contributed by atoms with E-state index in [2.05, 4.69) is 34.5 Å². The fourth-order valence-electron chi connectivity index (χ4n) is 6.17. The van der Waals surface area contributed by atoms with Gasteiger partial charge in [-0.05, 0) is 59.5 Å². The average Bonchev–Trinajstić information content (AvgIpc) is 3.80. The molecule has 1 N–H and O–H groups in total. The molecule has 6 rings (SSSR count). The number of benzene rings is 4. The van der Waals surface area contributed by atoms with Crippen molar-refractivity contribution in [2.24, 2.45) is 0 Å². The van der Waals surface area contributed by atoms with Gasteiger partial charge in [-0.3, -0.25) is 9.69 Å². The van der Waals surface area contributed by atoms with E-state index in [9.17, 15) is 18.0 Å². The summed E-state index contributed by atoms with van der Waals surface area (Å²) in [6.45, 7) is 2.18. The molecule has 1 amide bonds. The first kappa shape index (κ1) is 34.9. The molecule has 0 saturated carbocycles. The number of fused-ring (bicyclic) bond motifs is 1. The Hall–Kier alpha value is -4.99. The van der Waals surface area contributed by atoms with E-state index in [-0.39, 0.29) is 29.9 Å². The van der Waals surface area contributed by atoms with E-state index in [0.717, 1.165) is 28.1 Å².